The summed E-state index contributed by atoms with van der Waals surface area (Å²) in [7, 11) is 0. The SMILES string of the molecule is CC(C)(C)OC(=O)N1CC(NCC2Cc3ccccc32)C1. The number of carbonyl (C=O) groups is 1. The summed E-state index contributed by atoms with van der Waals surface area (Å²) in [5, 5.41) is 3.56. The van der Waals surface area contributed by atoms with Gasteiger partial charge in [-0.05, 0) is 38.3 Å². The van der Waals surface area contributed by atoms with Gasteiger partial charge >= 0.3 is 6.09 Å². The van der Waals surface area contributed by atoms with E-state index < -0.39 is 5.60 Å². The quantitative estimate of drug-likeness (QED) is 0.929. The third kappa shape index (κ3) is 3.21. The zero-order chi connectivity index (χ0) is 15.0. The number of amides is 1. The maximum Gasteiger partial charge on any atom is 0.410 e. The van der Waals surface area contributed by atoms with Crippen molar-refractivity contribution < 1.29 is 9.53 Å². The van der Waals surface area contributed by atoms with E-state index in [1.807, 2.05) is 20.8 Å². The van der Waals surface area contributed by atoms with Crippen LogP contribution in [0, 0.1) is 0 Å². The van der Waals surface area contributed by atoms with Gasteiger partial charge < -0.3 is 15.0 Å². The lowest BCUT2D eigenvalue weighted by molar-refractivity contribution is 0.00520. The van der Waals surface area contributed by atoms with Crippen molar-refractivity contribution in [3.8, 4) is 0 Å². The molecule has 114 valence electrons. The lowest BCUT2D eigenvalue weighted by Gasteiger charge is -2.41. The summed E-state index contributed by atoms with van der Waals surface area (Å²) in [6, 6.07) is 9.05. The second-order valence-electron chi connectivity index (χ2n) is 7.09. The number of carbonyl (C=O) groups excluding carboxylic acids is 1. The van der Waals surface area contributed by atoms with E-state index in [2.05, 4.69) is 29.6 Å². The van der Waals surface area contributed by atoms with Gasteiger partial charge in [-0.15, -0.1) is 0 Å². The normalized spacial score (nSPS) is 21.3. The molecule has 1 aliphatic carbocycles. The Balaban J connectivity index is 1.38. The van der Waals surface area contributed by atoms with Crippen LogP contribution in [0.4, 0.5) is 4.79 Å². The standard InChI is InChI=1S/C17H24N2O2/c1-17(2,3)21-16(20)19-10-14(11-19)18-9-13-8-12-6-4-5-7-15(12)13/h4-7,13-14,18H,8-11H2,1-3H3. The number of ether oxygens (including phenoxy) is 1. The Kier molecular flexibility index (Phi) is 3.66. The van der Waals surface area contributed by atoms with Crippen LogP contribution >= 0.6 is 0 Å². The van der Waals surface area contributed by atoms with E-state index in [9.17, 15) is 4.79 Å². The highest BCUT2D eigenvalue weighted by molar-refractivity contribution is 5.69. The van der Waals surface area contributed by atoms with Crippen LogP contribution in [0.3, 0.4) is 0 Å². The fraction of sp³-hybridized carbons (Fsp3) is 0.588. The predicted octanol–water partition coefficient (Wildman–Crippen LogP) is 2.54. The molecule has 3 rings (SSSR count). The molecule has 21 heavy (non-hydrogen) atoms. The molecule has 0 radical (unpaired) electrons. The minimum atomic E-state index is -0.411. The molecule has 1 aromatic carbocycles. The van der Waals surface area contributed by atoms with Crippen molar-refractivity contribution in [1.82, 2.24) is 10.2 Å². The fourth-order valence-electron chi connectivity index (χ4n) is 2.94. The molecule has 0 saturated carbocycles. The Bertz CT molecular complexity index is 530. The summed E-state index contributed by atoms with van der Waals surface area (Å²) in [4.78, 5) is 13.6. The predicted molar refractivity (Wildman–Crippen MR) is 82.5 cm³/mol. The molecule has 0 aromatic heterocycles. The number of hydrogen-bond donors (Lipinski definition) is 1. The first-order valence-electron chi connectivity index (χ1n) is 7.71. The lowest BCUT2D eigenvalue weighted by atomic mass is 9.77. The summed E-state index contributed by atoms with van der Waals surface area (Å²) >= 11 is 0. The highest BCUT2D eigenvalue weighted by atomic mass is 16.6. The average Bonchev–Trinajstić information content (AvgIpc) is 2.30. The Morgan fingerprint density at radius 2 is 2.05 bits per heavy atom. The number of nitrogens with one attached hydrogen (secondary N) is 1. The number of fused-ring (bicyclic) bond motifs is 1. The average molecular weight is 288 g/mol. The second-order valence-corrected chi connectivity index (χ2v) is 7.09. The van der Waals surface area contributed by atoms with Crippen LogP contribution in [0.15, 0.2) is 24.3 Å². The van der Waals surface area contributed by atoms with E-state index >= 15 is 0 Å². The van der Waals surface area contributed by atoms with Crippen molar-refractivity contribution in [1.29, 1.82) is 0 Å². The molecule has 1 atom stereocenters. The second kappa shape index (κ2) is 5.34. The lowest BCUT2D eigenvalue weighted by Crippen LogP contribution is -2.61. The fourth-order valence-corrected chi connectivity index (χ4v) is 2.94. The third-order valence-corrected chi connectivity index (χ3v) is 4.15. The highest BCUT2D eigenvalue weighted by Crippen LogP contribution is 2.34. The molecule has 2 aliphatic rings. The van der Waals surface area contributed by atoms with Crippen LogP contribution < -0.4 is 5.32 Å². The molecule has 1 aromatic rings. The molecule has 0 bridgehead atoms. The number of nitrogens with zero attached hydrogens (tertiary/aromatic N) is 1. The van der Waals surface area contributed by atoms with E-state index in [4.69, 9.17) is 4.74 Å². The molecular weight excluding hydrogens is 264 g/mol. The smallest absolute Gasteiger partial charge is 0.410 e. The molecule has 1 saturated heterocycles. The van der Waals surface area contributed by atoms with Gasteiger partial charge in [0.15, 0.2) is 0 Å². The van der Waals surface area contributed by atoms with Crippen molar-refractivity contribution in [3.05, 3.63) is 35.4 Å². The topological polar surface area (TPSA) is 41.6 Å². The van der Waals surface area contributed by atoms with Crippen molar-refractivity contribution >= 4 is 6.09 Å². The Hall–Kier alpha value is -1.55. The summed E-state index contributed by atoms with van der Waals surface area (Å²) in [6.45, 7) is 8.20. The molecule has 1 fully saturated rings. The maximum absolute atomic E-state index is 11.8. The van der Waals surface area contributed by atoms with Crippen LogP contribution in [0.2, 0.25) is 0 Å². The van der Waals surface area contributed by atoms with Gasteiger partial charge in [0.05, 0.1) is 0 Å². The van der Waals surface area contributed by atoms with Gasteiger partial charge in [0.1, 0.15) is 5.60 Å². The number of hydrogen-bond acceptors (Lipinski definition) is 3. The van der Waals surface area contributed by atoms with Crippen LogP contribution in [0.5, 0.6) is 0 Å². The van der Waals surface area contributed by atoms with Crippen molar-refractivity contribution in [2.75, 3.05) is 19.6 Å². The minimum Gasteiger partial charge on any atom is -0.444 e. The molecule has 0 spiro atoms. The van der Waals surface area contributed by atoms with E-state index in [1.54, 1.807) is 4.90 Å². The van der Waals surface area contributed by atoms with E-state index in [-0.39, 0.29) is 6.09 Å². The minimum absolute atomic E-state index is 0.200. The van der Waals surface area contributed by atoms with Gasteiger partial charge in [0.2, 0.25) is 0 Å². The summed E-state index contributed by atoms with van der Waals surface area (Å²) in [5.74, 6) is 0.636. The molecule has 4 heteroatoms. The van der Waals surface area contributed by atoms with E-state index in [0.717, 1.165) is 19.6 Å². The Labute approximate surface area is 126 Å². The van der Waals surface area contributed by atoms with Crippen molar-refractivity contribution in [2.24, 2.45) is 0 Å². The molecule has 1 unspecified atom stereocenters. The summed E-state index contributed by atoms with van der Waals surface area (Å²) < 4.78 is 5.35. The number of benzene rings is 1. The Morgan fingerprint density at radius 3 is 2.71 bits per heavy atom. The van der Waals surface area contributed by atoms with E-state index in [1.165, 1.54) is 17.5 Å². The molecule has 1 heterocycles. The zero-order valence-corrected chi connectivity index (χ0v) is 13.1. The maximum atomic E-state index is 11.8. The molecule has 1 aliphatic heterocycles. The van der Waals surface area contributed by atoms with Gasteiger partial charge in [-0.1, -0.05) is 24.3 Å². The largest absolute Gasteiger partial charge is 0.444 e. The Morgan fingerprint density at radius 1 is 1.33 bits per heavy atom. The number of rotatable bonds is 3. The highest BCUT2D eigenvalue weighted by Gasteiger charge is 2.34. The molecule has 1 amide bonds. The molecule has 4 nitrogen and oxygen atoms in total. The van der Waals surface area contributed by atoms with E-state index in [0.29, 0.717) is 12.0 Å². The monoisotopic (exact) mass is 288 g/mol. The first-order chi connectivity index (χ1) is 9.92. The zero-order valence-electron chi connectivity index (χ0n) is 13.1. The first kappa shape index (κ1) is 14.4. The molecule has 1 N–H and O–H groups in total. The number of likely N-dealkylation sites (tertiary alicyclic amines) is 1. The van der Waals surface area contributed by atoms with Crippen molar-refractivity contribution in [3.63, 3.8) is 0 Å². The van der Waals surface area contributed by atoms with Crippen LogP contribution in [-0.4, -0.2) is 42.3 Å². The third-order valence-electron chi connectivity index (χ3n) is 4.15. The van der Waals surface area contributed by atoms with Gasteiger partial charge in [0.25, 0.3) is 0 Å². The van der Waals surface area contributed by atoms with Gasteiger partial charge in [-0.2, -0.15) is 0 Å². The molecular formula is C17H24N2O2. The van der Waals surface area contributed by atoms with Gasteiger partial charge in [-0.25, -0.2) is 4.79 Å². The summed E-state index contributed by atoms with van der Waals surface area (Å²) in [5.41, 5.74) is 2.55. The van der Waals surface area contributed by atoms with Gasteiger partial charge in [-0.3, -0.25) is 0 Å². The van der Waals surface area contributed by atoms with Crippen LogP contribution in [0.25, 0.3) is 0 Å². The van der Waals surface area contributed by atoms with Gasteiger partial charge in [0, 0.05) is 31.6 Å². The van der Waals surface area contributed by atoms with Crippen molar-refractivity contribution in [2.45, 2.75) is 44.8 Å². The van der Waals surface area contributed by atoms with Crippen LogP contribution in [0.1, 0.15) is 37.8 Å². The first-order valence-corrected chi connectivity index (χ1v) is 7.71. The van der Waals surface area contributed by atoms with Crippen LogP contribution in [-0.2, 0) is 11.2 Å². The summed E-state index contributed by atoms with van der Waals surface area (Å²) in [6.07, 6.45) is 0.973.